The lowest BCUT2D eigenvalue weighted by Gasteiger charge is -2.43. The summed E-state index contributed by atoms with van der Waals surface area (Å²) in [5.41, 5.74) is 2.21. The molecule has 2 heterocycles. The van der Waals surface area contributed by atoms with Gasteiger partial charge in [0.15, 0.2) is 0 Å². The van der Waals surface area contributed by atoms with Crippen LogP contribution in [0.1, 0.15) is 18.4 Å². The van der Waals surface area contributed by atoms with Crippen molar-refractivity contribution in [2.24, 2.45) is 0 Å². The van der Waals surface area contributed by atoms with E-state index in [1.807, 2.05) is 30.3 Å². The second kappa shape index (κ2) is 9.09. The number of amides is 1. The molecule has 2 aromatic rings. The minimum Gasteiger partial charge on any atom is -0.493 e. The van der Waals surface area contributed by atoms with E-state index in [1.54, 1.807) is 17.0 Å². The first-order chi connectivity index (χ1) is 14.2. The number of rotatable bonds is 6. The third-order valence-electron chi connectivity index (χ3n) is 5.20. The van der Waals surface area contributed by atoms with Crippen LogP contribution in [0.2, 0.25) is 0 Å². The summed E-state index contributed by atoms with van der Waals surface area (Å²) in [5.74, 6) is 0.372. The summed E-state index contributed by atoms with van der Waals surface area (Å²) in [7, 11) is 0. The molecule has 0 radical (unpaired) electrons. The second-order valence-electron chi connectivity index (χ2n) is 7.29. The standard InChI is InChI=1S/C23H24FNO4/c24-19-6-8-22(9-7-19)28-11-10-18-12-20-15-27-16-21(13-18)25(20)23(26)29-14-17-4-2-1-3-5-17/h1-9,12,20-21H,10-11,13-16H2. The molecule has 0 aliphatic carbocycles. The van der Waals surface area contributed by atoms with Gasteiger partial charge in [-0.05, 0) is 36.2 Å². The average molecular weight is 397 g/mol. The van der Waals surface area contributed by atoms with E-state index in [4.69, 9.17) is 14.2 Å². The minimum atomic E-state index is -0.301. The Morgan fingerprint density at radius 2 is 1.90 bits per heavy atom. The number of nitrogens with zero attached hydrogens (tertiary/aromatic N) is 1. The molecule has 29 heavy (non-hydrogen) atoms. The molecule has 2 unspecified atom stereocenters. The van der Waals surface area contributed by atoms with Crippen molar-refractivity contribution < 1.29 is 23.4 Å². The van der Waals surface area contributed by atoms with Gasteiger partial charge in [0.25, 0.3) is 0 Å². The van der Waals surface area contributed by atoms with Gasteiger partial charge in [0.1, 0.15) is 18.2 Å². The number of halogens is 1. The summed E-state index contributed by atoms with van der Waals surface area (Å²) in [6, 6.07) is 15.5. The Hall–Kier alpha value is -2.86. The lowest BCUT2D eigenvalue weighted by atomic mass is 9.93. The quantitative estimate of drug-likeness (QED) is 0.681. The largest absolute Gasteiger partial charge is 0.493 e. The third-order valence-corrected chi connectivity index (χ3v) is 5.20. The van der Waals surface area contributed by atoms with Gasteiger partial charge < -0.3 is 14.2 Å². The highest BCUT2D eigenvalue weighted by Crippen LogP contribution is 2.29. The van der Waals surface area contributed by atoms with Gasteiger partial charge in [0, 0.05) is 6.42 Å². The van der Waals surface area contributed by atoms with E-state index in [2.05, 4.69) is 6.08 Å². The zero-order valence-corrected chi connectivity index (χ0v) is 16.1. The zero-order valence-electron chi connectivity index (χ0n) is 16.1. The molecule has 0 saturated carbocycles. The predicted octanol–water partition coefficient (Wildman–Crippen LogP) is 4.33. The minimum absolute atomic E-state index is 0.0251. The van der Waals surface area contributed by atoms with E-state index in [0.29, 0.717) is 25.6 Å². The molecule has 2 aliphatic rings. The lowest BCUT2D eigenvalue weighted by Crippen LogP contribution is -2.56. The molecule has 1 amide bonds. The van der Waals surface area contributed by atoms with Crippen LogP contribution in [0.15, 0.2) is 66.2 Å². The van der Waals surface area contributed by atoms with Crippen molar-refractivity contribution in [2.45, 2.75) is 31.5 Å². The van der Waals surface area contributed by atoms with Crippen LogP contribution in [0.25, 0.3) is 0 Å². The van der Waals surface area contributed by atoms with Crippen LogP contribution in [-0.4, -0.2) is 42.9 Å². The highest BCUT2D eigenvalue weighted by molar-refractivity contribution is 5.69. The molecule has 5 nitrogen and oxygen atoms in total. The van der Waals surface area contributed by atoms with Crippen LogP contribution in [0.3, 0.4) is 0 Å². The van der Waals surface area contributed by atoms with Crippen molar-refractivity contribution in [3.63, 3.8) is 0 Å². The molecule has 4 rings (SSSR count). The van der Waals surface area contributed by atoms with Crippen LogP contribution in [-0.2, 0) is 16.1 Å². The number of fused-ring (bicyclic) bond motifs is 2. The molecular weight excluding hydrogens is 373 g/mol. The van der Waals surface area contributed by atoms with E-state index >= 15 is 0 Å². The van der Waals surface area contributed by atoms with Crippen LogP contribution in [0.5, 0.6) is 5.75 Å². The Kier molecular flexibility index (Phi) is 6.10. The highest BCUT2D eigenvalue weighted by Gasteiger charge is 2.38. The molecule has 1 saturated heterocycles. The van der Waals surface area contributed by atoms with E-state index in [0.717, 1.165) is 18.4 Å². The number of ether oxygens (including phenoxy) is 3. The molecule has 0 spiro atoms. The Morgan fingerprint density at radius 1 is 1.10 bits per heavy atom. The maximum atomic E-state index is 13.0. The van der Waals surface area contributed by atoms with E-state index in [-0.39, 0.29) is 30.6 Å². The summed E-state index contributed by atoms with van der Waals surface area (Å²) in [6.45, 7) is 1.75. The van der Waals surface area contributed by atoms with Gasteiger partial charge in [0.2, 0.25) is 0 Å². The number of benzene rings is 2. The molecule has 1 fully saturated rings. The third kappa shape index (κ3) is 4.95. The fourth-order valence-corrected chi connectivity index (χ4v) is 3.78. The molecule has 2 aliphatic heterocycles. The topological polar surface area (TPSA) is 48.0 Å². The predicted molar refractivity (Wildman–Crippen MR) is 106 cm³/mol. The van der Waals surface area contributed by atoms with Crippen molar-refractivity contribution in [1.82, 2.24) is 4.90 Å². The summed E-state index contributed by atoms with van der Waals surface area (Å²) in [5, 5.41) is 0. The van der Waals surface area contributed by atoms with Gasteiger partial charge in [0.05, 0.1) is 31.9 Å². The van der Waals surface area contributed by atoms with E-state index < -0.39 is 0 Å². The first kappa shape index (κ1) is 19.5. The lowest BCUT2D eigenvalue weighted by molar-refractivity contribution is -0.0376. The Labute approximate surface area is 169 Å². The van der Waals surface area contributed by atoms with Gasteiger partial charge in [-0.15, -0.1) is 0 Å². The zero-order chi connectivity index (χ0) is 20.1. The molecule has 0 N–H and O–H groups in total. The van der Waals surface area contributed by atoms with Crippen LogP contribution >= 0.6 is 0 Å². The molecule has 2 aromatic carbocycles. The maximum absolute atomic E-state index is 13.0. The SMILES string of the molecule is O=C(OCc1ccccc1)N1C2C=C(CCOc3ccc(F)cc3)CC1COC2. The smallest absolute Gasteiger partial charge is 0.411 e. The molecule has 2 atom stereocenters. The summed E-state index contributed by atoms with van der Waals surface area (Å²) in [6.07, 6.45) is 3.29. The summed E-state index contributed by atoms with van der Waals surface area (Å²) in [4.78, 5) is 14.5. The number of carbonyl (C=O) groups is 1. The van der Waals surface area contributed by atoms with Crippen LogP contribution < -0.4 is 4.74 Å². The number of carbonyl (C=O) groups excluding carboxylic acids is 1. The molecule has 152 valence electrons. The van der Waals surface area contributed by atoms with E-state index in [9.17, 15) is 9.18 Å². The first-order valence-corrected chi connectivity index (χ1v) is 9.84. The van der Waals surface area contributed by atoms with Crippen molar-refractivity contribution in [3.8, 4) is 5.75 Å². The fourth-order valence-electron chi connectivity index (χ4n) is 3.78. The van der Waals surface area contributed by atoms with Gasteiger partial charge in [-0.3, -0.25) is 4.90 Å². The van der Waals surface area contributed by atoms with Crippen molar-refractivity contribution >= 4 is 6.09 Å². The first-order valence-electron chi connectivity index (χ1n) is 9.84. The molecular formula is C23H24FNO4. The van der Waals surface area contributed by atoms with Gasteiger partial charge in [-0.2, -0.15) is 0 Å². The van der Waals surface area contributed by atoms with Crippen LogP contribution in [0, 0.1) is 5.82 Å². The molecule has 0 aromatic heterocycles. The summed E-state index contributed by atoms with van der Waals surface area (Å²) >= 11 is 0. The Morgan fingerprint density at radius 3 is 2.66 bits per heavy atom. The number of hydrogen-bond acceptors (Lipinski definition) is 4. The monoisotopic (exact) mass is 397 g/mol. The molecule has 2 bridgehead atoms. The summed E-state index contributed by atoms with van der Waals surface area (Å²) < 4.78 is 29.9. The second-order valence-corrected chi connectivity index (χ2v) is 7.29. The van der Waals surface area contributed by atoms with E-state index in [1.165, 1.54) is 17.7 Å². The Bertz CT molecular complexity index is 853. The molecule has 6 heteroatoms. The van der Waals surface area contributed by atoms with Gasteiger partial charge in [-0.1, -0.05) is 42.0 Å². The average Bonchev–Trinajstić information content (AvgIpc) is 2.73. The fraction of sp³-hybridized carbons (Fsp3) is 0.348. The maximum Gasteiger partial charge on any atom is 0.411 e. The number of hydrogen-bond donors (Lipinski definition) is 0. The van der Waals surface area contributed by atoms with Crippen molar-refractivity contribution in [1.29, 1.82) is 0 Å². The van der Waals surface area contributed by atoms with Crippen LogP contribution in [0.4, 0.5) is 9.18 Å². The normalized spacial score (nSPS) is 20.7. The van der Waals surface area contributed by atoms with Crippen molar-refractivity contribution in [3.05, 3.63) is 77.6 Å². The van der Waals surface area contributed by atoms with Crippen molar-refractivity contribution in [2.75, 3.05) is 19.8 Å². The van der Waals surface area contributed by atoms with Gasteiger partial charge in [-0.25, -0.2) is 9.18 Å². The Balaban J connectivity index is 1.32. The van der Waals surface area contributed by atoms with Gasteiger partial charge >= 0.3 is 6.09 Å². The highest BCUT2D eigenvalue weighted by atomic mass is 19.1. The number of morpholine rings is 1.